The molecule has 0 bridgehead atoms. The molecule has 2 aromatic carbocycles. The first kappa shape index (κ1) is 20.9. The van der Waals surface area contributed by atoms with Crippen molar-refractivity contribution in [3.63, 3.8) is 0 Å². The van der Waals surface area contributed by atoms with Crippen LogP contribution in [0.5, 0.6) is 0 Å². The van der Waals surface area contributed by atoms with Crippen molar-refractivity contribution in [1.29, 1.82) is 0 Å². The van der Waals surface area contributed by atoms with Crippen LogP contribution in [0.15, 0.2) is 95.0 Å². The number of thioether (sulfide) groups is 1. The van der Waals surface area contributed by atoms with Gasteiger partial charge in [-0.1, -0.05) is 49.2 Å². The van der Waals surface area contributed by atoms with Crippen molar-refractivity contribution in [3.05, 3.63) is 95.5 Å². The highest BCUT2D eigenvalue weighted by Crippen LogP contribution is 2.28. The van der Waals surface area contributed by atoms with E-state index in [1.807, 2.05) is 54.6 Å². The maximum absolute atomic E-state index is 5.99. The highest BCUT2D eigenvalue weighted by atomic mass is 32.2. The van der Waals surface area contributed by atoms with E-state index in [0.29, 0.717) is 11.5 Å². The summed E-state index contributed by atoms with van der Waals surface area (Å²) in [5.74, 6) is 0.706. The summed E-state index contributed by atoms with van der Waals surface area (Å²) < 4.78 is 0. The van der Waals surface area contributed by atoms with Gasteiger partial charge in [0.1, 0.15) is 11.6 Å². The zero-order chi connectivity index (χ0) is 20.5. The van der Waals surface area contributed by atoms with Gasteiger partial charge in [0.2, 0.25) is 0 Å². The number of hydrogen-bond acceptors (Lipinski definition) is 6. The number of hydrogen-bond donors (Lipinski definition) is 4. The fourth-order valence-electron chi connectivity index (χ4n) is 2.45. The average Bonchev–Trinajstić information content (AvgIpc) is 2.62. The summed E-state index contributed by atoms with van der Waals surface area (Å²) in [6, 6.07) is 15.9. The second-order valence-corrected chi connectivity index (χ2v) is 7.09. The van der Waals surface area contributed by atoms with Crippen LogP contribution in [0.3, 0.4) is 0 Å². The molecule has 0 saturated carbocycles. The Morgan fingerprint density at radius 1 is 1.11 bits per heavy atom. The third kappa shape index (κ3) is 6.41. The number of rotatable bonds is 7. The third-order valence-corrected chi connectivity index (χ3v) is 4.67. The van der Waals surface area contributed by atoms with Crippen molar-refractivity contribution in [1.82, 2.24) is 0 Å². The summed E-state index contributed by atoms with van der Waals surface area (Å²) in [6.45, 7) is 9.43. The molecule has 2 aromatic rings. The lowest BCUT2D eigenvalue weighted by molar-refractivity contribution is 1.25. The number of nitrogens with one attached hydrogen (secondary N) is 1. The van der Waals surface area contributed by atoms with Gasteiger partial charge in [-0.15, -0.1) is 0 Å². The summed E-state index contributed by atoms with van der Waals surface area (Å²) in [7, 11) is 0. The molecule has 0 aromatic heterocycles. The first-order valence-electron chi connectivity index (χ1n) is 8.57. The Bertz CT molecular complexity index is 1030. The van der Waals surface area contributed by atoms with Crippen LogP contribution in [0.1, 0.15) is 6.92 Å². The van der Waals surface area contributed by atoms with Crippen molar-refractivity contribution in [3.8, 4) is 0 Å². The molecule has 0 spiro atoms. The zero-order valence-corrected chi connectivity index (χ0v) is 16.7. The summed E-state index contributed by atoms with van der Waals surface area (Å²) in [6.07, 6.45) is 5.12. The largest absolute Gasteiger partial charge is 0.405 e. The highest BCUT2D eigenvalue weighted by molar-refractivity contribution is 8.08. The average molecular weight is 392 g/mol. The van der Waals surface area contributed by atoms with E-state index in [9.17, 15) is 0 Å². The smallest absolute Gasteiger partial charge is 0.116 e. The molecule has 0 saturated heterocycles. The molecule has 0 atom stereocenters. The molecule has 144 valence electrons. The SMILES string of the molecule is C=C(N)/N=C(C)\C=C(/N)Nc1ccc(SC(/C=C\N)=c2\ccccc2=C)cc1. The summed E-state index contributed by atoms with van der Waals surface area (Å²) in [5, 5.41) is 5.13. The molecule has 0 heterocycles. The number of aliphatic imine (C=N–C) groups is 1. The standard InChI is InChI=1S/C22H25N5S/c1-15-6-4-5-7-20(15)21(12-13-23)28-19-10-8-18(9-11-19)27-22(25)14-16(2)26-17(3)24/h4-14,27H,1,3,23-25H2,2H3/b13-12-,21-20+,22-14+,26-16-. The second kappa shape index (κ2) is 10.1. The van der Waals surface area contributed by atoms with Crippen LogP contribution in [0.2, 0.25) is 0 Å². The molecular weight excluding hydrogens is 366 g/mol. The number of allylic oxidation sites excluding steroid dienone is 1. The fraction of sp³-hybridized carbons (Fsp3) is 0.0455. The van der Waals surface area contributed by atoms with Gasteiger partial charge in [-0.2, -0.15) is 0 Å². The van der Waals surface area contributed by atoms with Gasteiger partial charge in [-0.3, -0.25) is 0 Å². The molecule has 2 rings (SSSR count). The summed E-state index contributed by atoms with van der Waals surface area (Å²) in [5.41, 5.74) is 18.6. The predicted octanol–water partition coefficient (Wildman–Crippen LogP) is 2.57. The lowest BCUT2D eigenvalue weighted by atomic mass is 10.2. The van der Waals surface area contributed by atoms with E-state index in [2.05, 4.69) is 23.5 Å². The first-order chi connectivity index (χ1) is 13.4. The minimum Gasteiger partial charge on any atom is -0.405 e. The Labute approximate surface area is 169 Å². The molecule has 0 aliphatic heterocycles. The van der Waals surface area contributed by atoms with Gasteiger partial charge in [-0.25, -0.2) is 4.99 Å². The van der Waals surface area contributed by atoms with Gasteiger partial charge in [-0.05, 0) is 60.0 Å². The first-order valence-corrected chi connectivity index (χ1v) is 9.39. The van der Waals surface area contributed by atoms with Crippen LogP contribution < -0.4 is 33.0 Å². The molecule has 0 aliphatic rings. The van der Waals surface area contributed by atoms with Gasteiger partial charge in [0, 0.05) is 21.2 Å². The maximum Gasteiger partial charge on any atom is 0.116 e. The number of anilines is 1. The fourth-order valence-corrected chi connectivity index (χ4v) is 3.43. The van der Waals surface area contributed by atoms with E-state index in [0.717, 1.165) is 25.9 Å². The molecule has 0 unspecified atom stereocenters. The van der Waals surface area contributed by atoms with Gasteiger partial charge < -0.3 is 22.5 Å². The summed E-state index contributed by atoms with van der Waals surface area (Å²) in [4.78, 5) is 6.14. The number of benzene rings is 2. The zero-order valence-electron chi connectivity index (χ0n) is 15.9. The van der Waals surface area contributed by atoms with E-state index in [1.165, 1.54) is 6.20 Å². The molecule has 0 radical (unpaired) electrons. The molecule has 0 fully saturated rings. The Kier molecular flexibility index (Phi) is 7.54. The van der Waals surface area contributed by atoms with E-state index in [4.69, 9.17) is 17.2 Å². The van der Waals surface area contributed by atoms with Crippen LogP contribution in [0, 0.1) is 0 Å². The topological polar surface area (TPSA) is 102 Å². The second-order valence-electron chi connectivity index (χ2n) is 5.98. The minimum atomic E-state index is 0.241. The van der Waals surface area contributed by atoms with Gasteiger partial charge >= 0.3 is 0 Å². The third-order valence-electron chi connectivity index (χ3n) is 3.59. The minimum absolute atomic E-state index is 0.241. The van der Waals surface area contributed by atoms with Crippen LogP contribution >= 0.6 is 11.8 Å². The molecule has 0 aliphatic carbocycles. The van der Waals surface area contributed by atoms with E-state index in [-0.39, 0.29) is 5.82 Å². The molecule has 28 heavy (non-hydrogen) atoms. The van der Waals surface area contributed by atoms with Crippen LogP contribution in [0.25, 0.3) is 11.5 Å². The Morgan fingerprint density at radius 2 is 1.79 bits per heavy atom. The highest BCUT2D eigenvalue weighted by Gasteiger charge is 2.01. The van der Waals surface area contributed by atoms with Gasteiger partial charge in [0.25, 0.3) is 0 Å². The van der Waals surface area contributed by atoms with Crippen molar-refractivity contribution < 1.29 is 0 Å². The van der Waals surface area contributed by atoms with Crippen molar-refractivity contribution in [2.75, 3.05) is 5.32 Å². The number of nitrogens with two attached hydrogens (primary N) is 3. The predicted molar refractivity (Wildman–Crippen MR) is 123 cm³/mol. The van der Waals surface area contributed by atoms with E-state index >= 15 is 0 Å². The molecule has 5 nitrogen and oxygen atoms in total. The van der Waals surface area contributed by atoms with E-state index < -0.39 is 0 Å². The normalized spacial score (nSPS) is 13.5. The summed E-state index contributed by atoms with van der Waals surface area (Å²) >= 11 is 1.62. The van der Waals surface area contributed by atoms with Crippen molar-refractivity contribution in [2.24, 2.45) is 22.2 Å². The maximum atomic E-state index is 5.99. The van der Waals surface area contributed by atoms with Crippen LogP contribution in [-0.4, -0.2) is 5.71 Å². The van der Waals surface area contributed by atoms with Crippen LogP contribution in [-0.2, 0) is 0 Å². The molecule has 7 N–H and O–H groups in total. The molecular formula is C22H25N5S. The van der Waals surface area contributed by atoms with Gasteiger partial charge in [0.05, 0.1) is 0 Å². The lowest BCUT2D eigenvalue weighted by Crippen LogP contribution is -2.23. The quantitative estimate of drug-likeness (QED) is 0.429. The Morgan fingerprint density at radius 3 is 2.39 bits per heavy atom. The van der Waals surface area contributed by atoms with E-state index in [1.54, 1.807) is 24.8 Å². The Balaban J connectivity index is 2.19. The van der Waals surface area contributed by atoms with Crippen LogP contribution in [0.4, 0.5) is 5.69 Å². The van der Waals surface area contributed by atoms with Crippen molar-refractivity contribution in [2.45, 2.75) is 11.8 Å². The molecule has 6 heteroatoms. The molecule has 0 amide bonds. The van der Waals surface area contributed by atoms with Gasteiger partial charge in [0.15, 0.2) is 0 Å². The van der Waals surface area contributed by atoms with Crippen molar-refractivity contribution >= 4 is 34.6 Å². The lowest BCUT2D eigenvalue weighted by Gasteiger charge is -2.08. The Hall–Kier alpha value is -3.38. The monoisotopic (exact) mass is 391 g/mol. The number of nitrogens with zero attached hydrogens (tertiary/aromatic N) is 1.